The number of fused-ring (bicyclic) bond motifs is 1. The van der Waals surface area contributed by atoms with Gasteiger partial charge in [-0.25, -0.2) is 14.0 Å². The average molecular weight is 583 g/mol. The molecule has 11 nitrogen and oxygen atoms in total. The molecule has 0 spiro atoms. The van der Waals surface area contributed by atoms with Gasteiger partial charge in [-0.2, -0.15) is 5.26 Å². The molecule has 0 bridgehead atoms. The van der Waals surface area contributed by atoms with Crippen molar-refractivity contribution in [1.29, 1.82) is 5.26 Å². The molecule has 42 heavy (non-hydrogen) atoms. The Bertz CT molecular complexity index is 1550. The summed E-state index contributed by atoms with van der Waals surface area (Å²) in [4.78, 5) is 39.1. The summed E-state index contributed by atoms with van der Waals surface area (Å²) in [5.41, 5.74) is 1.75. The van der Waals surface area contributed by atoms with Crippen molar-refractivity contribution >= 4 is 23.1 Å². The fourth-order valence-electron chi connectivity index (χ4n) is 4.63. The molecular formula is C30H35FN4O7. The molecular weight excluding hydrogens is 547 g/mol. The third kappa shape index (κ3) is 7.35. The van der Waals surface area contributed by atoms with Gasteiger partial charge in [0.25, 0.3) is 5.91 Å². The summed E-state index contributed by atoms with van der Waals surface area (Å²) in [6, 6.07) is 10.7. The molecule has 224 valence electrons. The minimum atomic E-state index is -1.08. The van der Waals surface area contributed by atoms with Gasteiger partial charge in [-0.3, -0.25) is 9.36 Å². The van der Waals surface area contributed by atoms with Crippen LogP contribution in [0.3, 0.4) is 0 Å². The van der Waals surface area contributed by atoms with Crippen LogP contribution in [-0.4, -0.2) is 71.6 Å². The second kappa shape index (κ2) is 12.8. The minimum Gasteiger partial charge on any atom is -0.444 e. The van der Waals surface area contributed by atoms with Gasteiger partial charge in [-0.15, -0.1) is 0 Å². The van der Waals surface area contributed by atoms with Gasteiger partial charge in [-0.1, -0.05) is 18.2 Å². The maximum Gasteiger partial charge on any atom is 0.419 e. The van der Waals surface area contributed by atoms with Crippen LogP contribution in [0.2, 0.25) is 0 Å². The number of nitriles is 1. The standard InChI is InChI=1S/C30H35FN4O7/c1-6-39-22-15-35(29(38)42-30(2,3)4)16-26(40-17-22)27(36)33-21(14-32)11-20-8-7-18(12-23(20)31)19-9-10-25-24(13-19)34(5)28(37)41-25/h7-10,12-13,21-22,26H,6,11,15-17H2,1-5H3,(H,33,36)/t21-,22+,26-/m0/s1. The monoisotopic (exact) mass is 582 g/mol. The molecule has 3 aromatic rings. The SMILES string of the molecule is CCO[C@H]1CO[C@H](C(=O)N[C@H](C#N)Cc2ccc(-c3ccc4oc(=O)n(C)c4c3)cc2F)CN(C(=O)OC(C)(C)C)C1. The highest BCUT2D eigenvalue weighted by Crippen LogP contribution is 2.26. The quantitative estimate of drug-likeness (QED) is 0.447. The van der Waals surface area contributed by atoms with Crippen LogP contribution in [0.25, 0.3) is 22.2 Å². The summed E-state index contributed by atoms with van der Waals surface area (Å²) in [5, 5.41) is 12.4. The molecule has 0 unspecified atom stereocenters. The van der Waals surface area contributed by atoms with E-state index >= 15 is 4.39 Å². The lowest BCUT2D eigenvalue weighted by atomic mass is 10.00. The van der Waals surface area contributed by atoms with Crippen LogP contribution in [0.1, 0.15) is 33.3 Å². The predicted octanol–water partition coefficient (Wildman–Crippen LogP) is 3.53. The number of carbonyl (C=O) groups excluding carboxylic acids is 2. The average Bonchev–Trinajstić information content (AvgIpc) is 3.08. The van der Waals surface area contributed by atoms with Crippen LogP contribution in [0, 0.1) is 17.1 Å². The van der Waals surface area contributed by atoms with Crippen molar-refractivity contribution in [2.24, 2.45) is 7.05 Å². The van der Waals surface area contributed by atoms with E-state index < -0.39 is 47.4 Å². The number of carbonyl (C=O) groups is 2. The first-order chi connectivity index (χ1) is 19.9. The number of aryl methyl sites for hydroxylation is 1. The number of halogens is 1. The van der Waals surface area contributed by atoms with E-state index in [0.29, 0.717) is 28.8 Å². The topological polar surface area (TPSA) is 136 Å². The van der Waals surface area contributed by atoms with Crippen LogP contribution in [0.5, 0.6) is 0 Å². The van der Waals surface area contributed by atoms with Gasteiger partial charge in [0, 0.05) is 20.1 Å². The number of rotatable bonds is 7. The van der Waals surface area contributed by atoms with Crippen molar-refractivity contribution in [3.63, 3.8) is 0 Å². The molecule has 0 radical (unpaired) electrons. The Kier molecular flexibility index (Phi) is 9.33. The Labute approximate surface area is 242 Å². The van der Waals surface area contributed by atoms with E-state index in [1.54, 1.807) is 58.2 Å². The van der Waals surface area contributed by atoms with E-state index in [2.05, 4.69) is 5.32 Å². The van der Waals surface area contributed by atoms with E-state index in [1.165, 1.54) is 15.5 Å². The Morgan fingerprint density at radius 3 is 2.57 bits per heavy atom. The Morgan fingerprint density at radius 1 is 1.19 bits per heavy atom. The number of aromatic nitrogens is 1. The lowest BCUT2D eigenvalue weighted by molar-refractivity contribution is -0.134. The number of hydrogen-bond acceptors (Lipinski definition) is 8. The minimum absolute atomic E-state index is 0.0668. The second-order valence-electron chi connectivity index (χ2n) is 11.1. The molecule has 2 aromatic carbocycles. The van der Waals surface area contributed by atoms with Crippen LogP contribution in [-0.2, 0) is 32.5 Å². The predicted molar refractivity (Wildman–Crippen MR) is 151 cm³/mol. The molecule has 4 rings (SSSR count). The Morgan fingerprint density at radius 2 is 1.90 bits per heavy atom. The van der Waals surface area contributed by atoms with E-state index in [9.17, 15) is 19.6 Å². The van der Waals surface area contributed by atoms with E-state index in [4.69, 9.17) is 18.6 Å². The highest BCUT2D eigenvalue weighted by Gasteiger charge is 2.34. The first-order valence-corrected chi connectivity index (χ1v) is 13.7. The van der Waals surface area contributed by atoms with Gasteiger partial charge >= 0.3 is 11.8 Å². The highest BCUT2D eigenvalue weighted by atomic mass is 19.1. The van der Waals surface area contributed by atoms with Crippen molar-refractivity contribution in [2.45, 2.75) is 58.0 Å². The van der Waals surface area contributed by atoms with Gasteiger partial charge < -0.3 is 28.8 Å². The van der Waals surface area contributed by atoms with Crippen molar-refractivity contribution in [3.05, 3.63) is 58.3 Å². The molecule has 0 aliphatic carbocycles. The summed E-state index contributed by atoms with van der Waals surface area (Å²) >= 11 is 0. The fraction of sp³-hybridized carbons (Fsp3) is 0.467. The largest absolute Gasteiger partial charge is 0.444 e. The molecule has 2 amide bonds. The number of ether oxygens (including phenoxy) is 3. The molecule has 1 aliphatic heterocycles. The van der Waals surface area contributed by atoms with Gasteiger partial charge in [-0.05, 0) is 62.6 Å². The number of nitrogens with zero attached hydrogens (tertiary/aromatic N) is 3. The zero-order valence-electron chi connectivity index (χ0n) is 24.3. The molecule has 1 fully saturated rings. The second-order valence-corrected chi connectivity index (χ2v) is 11.1. The lowest BCUT2D eigenvalue weighted by Crippen LogP contribution is -2.49. The molecule has 1 N–H and O–H groups in total. The molecule has 1 aromatic heterocycles. The summed E-state index contributed by atoms with van der Waals surface area (Å²) in [7, 11) is 1.59. The summed E-state index contributed by atoms with van der Waals surface area (Å²) in [6.07, 6.45) is -2.24. The third-order valence-electron chi connectivity index (χ3n) is 6.71. The van der Waals surface area contributed by atoms with Crippen molar-refractivity contribution in [3.8, 4) is 17.2 Å². The molecule has 12 heteroatoms. The normalized spacial score (nSPS) is 18.3. The molecule has 1 saturated heterocycles. The zero-order valence-corrected chi connectivity index (χ0v) is 24.3. The summed E-state index contributed by atoms with van der Waals surface area (Å²) in [5.74, 6) is -1.65. The lowest BCUT2D eigenvalue weighted by Gasteiger charge is -2.28. The first-order valence-electron chi connectivity index (χ1n) is 13.7. The number of benzene rings is 2. The van der Waals surface area contributed by atoms with Gasteiger partial charge in [0.15, 0.2) is 11.7 Å². The van der Waals surface area contributed by atoms with E-state index in [0.717, 1.165) is 0 Å². The molecule has 1 aliphatic rings. The van der Waals surface area contributed by atoms with E-state index in [1.807, 2.05) is 13.0 Å². The van der Waals surface area contributed by atoms with Gasteiger partial charge in [0.05, 0.1) is 37.4 Å². The van der Waals surface area contributed by atoms with E-state index in [-0.39, 0.29) is 31.7 Å². The summed E-state index contributed by atoms with van der Waals surface area (Å²) < 4.78 is 38.6. The molecule has 3 atom stereocenters. The smallest absolute Gasteiger partial charge is 0.419 e. The zero-order chi connectivity index (χ0) is 30.6. The van der Waals surface area contributed by atoms with Crippen LogP contribution in [0.4, 0.5) is 9.18 Å². The number of oxazole rings is 1. The van der Waals surface area contributed by atoms with Crippen molar-refractivity contribution in [2.75, 3.05) is 26.3 Å². The van der Waals surface area contributed by atoms with Gasteiger partial charge in [0.2, 0.25) is 0 Å². The number of amides is 2. The van der Waals surface area contributed by atoms with Crippen molar-refractivity contribution in [1.82, 2.24) is 14.8 Å². The molecule has 2 heterocycles. The van der Waals surface area contributed by atoms with Crippen LogP contribution >= 0.6 is 0 Å². The Balaban J connectivity index is 1.45. The van der Waals surface area contributed by atoms with Gasteiger partial charge in [0.1, 0.15) is 17.5 Å². The third-order valence-corrected chi connectivity index (χ3v) is 6.71. The number of hydrogen-bond donors (Lipinski definition) is 1. The highest BCUT2D eigenvalue weighted by molar-refractivity contribution is 5.83. The van der Waals surface area contributed by atoms with Crippen LogP contribution < -0.4 is 11.1 Å². The first kappa shape index (κ1) is 30.7. The maximum atomic E-state index is 15.2. The molecule has 0 saturated carbocycles. The maximum absolute atomic E-state index is 15.2. The summed E-state index contributed by atoms with van der Waals surface area (Å²) in [6.45, 7) is 7.59. The van der Waals surface area contributed by atoms with Crippen LogP contribution in [0.15, 0.2) is 45.6 Å². The fourth-order valence-corrected chi connectivity index (χ4v) is 4.63. The number of nitrogens with one attached hydrogen (secondary N) is 1. The van der Waals surface area contributed by atoms with Crippen molar-refractivity contribution < 1.29 is 32.6 Å². The Hall–Kier alpha value is -4.21.